The van der Waals surface area contributed by atoms with Crippen molar-refractivity contribution >= 4 is 40.3 Å². The summed E-state index contributed by atoms with van der Waals surface area (Å²) in [6.07, 6.45) is 8.36. The number of hydrogen-bond acceptors (Lipinski definition) is 7. The van der Waals surface area contributed by atoms with Crippen LogP contribution in [0.25, 0.3) is 16.1 Å². The fourth-order valence-corrected chi connectivity index (χ4v) is 6.74. The minimum Gasteiger partial charge on any atom is -0.481 e. The molecule has 2 N–H and O–H groups in total. The zero-order chi connectivity index (χ0) is 23.4. The van der Waals surface area contributed by atoms with Crippen LogP contribution in [0.3, 0.4) is 0 Å². The van der Waals surface area contributed by atoms with E-state index in [9.17, 15) is 9.90 Å². The van der Waals surface area contributed by atoms with Gasteiger partial charge < -0.3 is 10.4 Å². The Kier molecular flexibility index (Phi) is 5.37. The molecular formula is C25H24ClN5O2S. The number of carboxylic acid groups (broad SMARTS) is 1. The van der Waals surface area contributed by atoms with E-state index >= 15 is 0 Å². The first-order valence-corrected chi connectivity index (χ1v) is 12.8. The molecule has 34 heavy (non-hydrogen) atoms. The van der Waals surface area contributed by atoms with E-state index in [-0.39, 0.29) is 12.0 Å². The van der Waals surface area contributed by atoms with Crippen molar-refractivity contribution in [3.63, 3.8) is 0 Å². The average molecular weight is 494 g/mol. The summed E-state index contributed by atoms with van der Waals surface area (Å²) in [4.78, 5) is 33.1. The molecule has 2 atom stereocenters. The highest BCUT2D eigenvalue weighted by Crippen LogP contribution is 2.46. The maximum Gasteiger partial charge on any atom is 0.308 e. The summed E-state index contributed by atoms with van der Waals surface area (Å²) in [5.74, 6) is 0.658. The molecule has 2 bridgehead atoms. The van der Waals surface area contributed by atoms with Gasteiger partial charge in [-0.3, -0.25) is 9.78 Å². The molecule has 9 heteroatoms. The number of allylic oxidation sites excluding steroid dienone is 1. The number of fused-ring (bicyclic) bond motifs is 4. The molecule has 0 aromatic carbocycles. The SMILES string of the molecule is Cc1ccc(-c2cc(N[C@H]3C4CCC(CC4)[C@@H]3C(=O)O)nc(C3=CCc4ncc(Cl)nc43)n2)s1. The predicted octanol–water partition coefficient (Wildman–Crippen LogP) is 5.25. The van der Waals surface area contributed by atoms with E-state index in [1.54, 1.807) is 17.5 Å². The highest BCUT2D eigenvalue weighted by atomic mass is 35.5. The molecule has 3 saturated carbocycles. The number of hydrogen-bond donors (Lipinski definition) is 2. The predicted molar refractivity (Wildman–Crippen MR) is 132 cm³/mol. The van der Waals surface area contributed by atoms with Gasteiger partial charge in [0.25, 0.3) is 0 Å². The Labute approximate surface area is 206 Å². The van der Waals surface area contributed by atoms with Gasteiger partial charge in [-0.2, -0.15) is 0 Å². The number of nitrogens with one attached hydrogen (secondary N) is 1. The highest BCUT2D eigenvalue weighted by molar-refractivity contribution is 7.15. The Hall–Kier alpha value is -2.84. The van der Waals surface area contributed by atoms with Crippen LogP contribution in [0.2, 0.25) is 5.15 Å². The summed E-state index contributed by atoms with van der Waals surface area (Å²) in [6, 6.07) is 5.94. The molecule has 0 amide bonds. The van der Waals surface area contributed by atoms with Crippen LogP contribution in [0.15, 0.2) is 30.5 Å². The van der Waals surface area contributed by atoms with Gasteiger partial charge in [0.1, 0.15) is 11.0 Å². The Morgan fingerprint density at radius 3 is 2.68 bits per heavy atom. The topological polar surface area (TPSA) is 101 Å². The molecule has 0 spiro atoms. The van der Waals surface area contributed by atoms with E-state index in [4.69, 9.17) is 21.6 Å². The van der Waals surface area contributed by atoms with E-state index in [0.717, 1.165) is 47.5 Å². The van der Waals surface area contributed by atoms with Gasteiger partial charge in [0.05, 0.1) is 34.1 Å². The van der Waals surface area contributed by atoms with Gasteiger partial charge in [0, 0.05) is 29.0 Å². The average Bonchev–Trinajstić information content (AvgIpc) is 3.45. The van der Waals surface area contributed by atoms with Gasteiger partial charge in [0.15, 0.2) is 5.82 Å². The maximum absolute atomic E-state index is 12.2. The lowest BCUT2D eigenvalue weighted by molar-refractivity contribution is -0.148. The third-order valence-electron chi connectivity index (χ3n) is 7.35. The third kappa shape index (κ3) is 3.79. The van der Waals surface area contributed by atoms with E-state index in [2.05, 4.69) is 34.3 Å². The molecular weight excluding hydrogens is 470 g/mol. The number of rotatable bonds is 5. The summed E-state index contributed by atoms with van der Waals surface area (Å²) in [5, 5.41) is 13.9. The van der Waals surface area contributed by atoms with Gasteiger partial charge in [-0.1, -0.05) is 17.7 Å². The first-order chi connectivity index (χ1) is 16.5. The van der Waals surface area contributed by atoms with Crippen LogP contribution in [0.1, 0.15) is 47.8 Å². The third-order valence-corrected chi connectivity index (χ3v) is 8.56. The highest BCUT2D eigenvalue weighted by Gasteiger charge is 2.47. The molecule has 0 unspecified atom stereocenters. The van der Waals surface area contributed by atoms with Gasteiger partial charge in [-0.05, 0) is 56.6 Å². The Bertz CT molecular complexity index is 1310. The first-order valence-electron chi connectivity index (χ1n) is 11.6. The summed E-state index contributed by atoms with van der Waals surface area (Å²) in [6.45, 7) is 2.07. The fourth-order valence-electron chi connectivity index (χ4n) is 5.77. The van der Waals surface area contributed by atoms with Crippen molar-refractivity contribution < 1.29 is 9.90 Å². The molecule has 174 valence electrons. The lowest BCUT2D eigenvalue weighted by Gasteiger charge is -2.47. The smallest absolute Gasteiger partial charge is 0.308 e. The van der Waals surface area contributed by atoms with E-state index in [1.165, 1.54) is 4.88 Å². The molecule has 0 radical (unpaired) electrons. The molecule has 3 fully saturated rings. The van der Waals surface area contributed by atoms with Crippen molar-refractivity contribution in [3.8, 4) is 10.6 Å². The summed E-state index contributed by atoms with van der Waals surface area (Å²) >= 11 is 7.81. The first kappa shape index (κ1) is 21.7. The zero-order valence-electron chi connectivity index (χ0n) is 18.7. The number of carboxylic acids is 1. The second-order valence-electron chi connectivity index (χ2n) is 9.39. The molecule has 3 aromatic heterocycles. The van der Waals surface area contributed by atoms with Gasteiger partial charge in [-0.15, -0.1) is 11.3 Å². The van der Waals surface area contributed by atoms with Crippen LogP contribution in [-0.4, -0.2) is 37.1 Å². The molecule has 7 nitrogen and oxygen atoms in total. The van der Waals surface area contributed by atoms with Crippen LogP contribution in [0.4, 0.5) is 5.82 Å². The molecule has 4 aliphatic carbocycles. The zero-order valence-corrected chi connectivity index (χ0v) is 20.2. The van der Waals surface area contributed by atoms with Crippen molar-refractivity contribution in [2.45, 2.75) is 45.1 Å². The molecule has 7 rings (SSSR count). The van der Waals surface area contributed by atoms with Crippen molar-refractivity contribution in [3.05, 3.63) is 57.7 Å². The summed E-state index contributed by atoms with van der Waals surface area (Å²) in [5.41, 5.74) is 3.18. The summed E-state index contributed by atoms with van der Waals surface area (Å²) < 4.78 is 0. The fraction of sp³-hybridized carbons (Fsp3) is 0.400. The van der Waals surface area contributed by atoms with Crippen LogP contribution in [0.5, 0.6) is 0 Å². The van der Waals surface area contributed by atoms with Crippen LogP contribution >= 0.6 is 22.9 Å². The minimum absolute atomic E-state index is 0.134. The number of halogens is 1. The second-order valence-corrected chi connectivity index (χ2v) is 11.1. The Balaban J connectivity index is 1.42. The van der Waals surface area contributed by atoms with E-state index in [1.807, 2.05) is 12.1 Å². The number of carbonyl (C=O) groups is 1. The number of aliphatic carboxylic acids is 1. The Morgan fingerprint density at radius 2 is 1.94 bits per heavy atom. The lowest BCUT2D eigenvalue weighted by Crippen LogP contribution is -2.51. The standard InChI is InChI=1S/C25H24ClN5O2S/c1-12-2-9-18(34-12)17-10-20(30-22-14-5-3-13(4-6-14)21(22)25(32)33)31-24(28-17)15-7-8-16-23(15)29-19(26)11-27-16/h2,7,9-11,13-14,21-22H,3-6,8H2,1H3,(H,32,33)(H,28,30,31)/t13?,14?,21-,22-/m0/s1. The molecule has 4 aliphatic rings. The Morgan fingerprint density at radius 1 is 1.15 bits per heavy atom. The number of nitrogens with zero attached hydrogens (tertiary/aromatic N) is 4. The molecule has 3 aromatic rings. The van der Waals surface area contributed by atoms with Crippen molar-refractivity contribution in [2.24, 2.45) is 17.8 Å². The number of aromatic nitrogens is 4. The second kappa shape index (κ2) is 8.43. The van der Waals surface area contributed by atoms with Gasteiger partial charge >= 0.3 is 5.97 Å². The van der Waals surface area contributed by atoms with Gasteiger partial charge in [0.2, 0.25) is 0 Å². The van der Waals surface area contributed by atoms with Crippen molar-refractivity contribution in [2.75, 3.05) is 5.32 Å². The maximum atomic E-state index is 12.2. The number of anilines is 1. The van der Waals surface area contributed by atoms with Crippen LogP contribution in [-0.2, 0) is 11.2 Å². The molecule has 3 heterocycles. The summed E-state index contributed by atoms with van der Waals surface area (Å²) in [7, 11) is 0. The van der Waals surface area contributed by atoms with E-state index in [0.29, 0.717) is 34.8 Å². The van der Waals surface area contributed by atoms with Crippen molar-refractivity contribution in [1.29, 1.82) is 0 Å². The van der Waals surface area contributed by atoms with Crippen LogP contribution in [0, 0.1) is 24.7 Å². The monoisotopic (exact) mass is 493 g/mol. The van der Waals surface area contributed by atoms with E-state index < -0.39 is 11.9 Å². The van der Waals surface area contributed by atoms with Crippen molar-refractivity contribution in [1.82, 2.24) is 19.9 Å². The minimum atomic E-state index is -0.715. The van der Waals surface area contributed by atoms with Gasteiger partial charge in [-0.25, -0.2) is 15.0 Å². The number of aryl methyl sites for hydroxylation is 1. The normalized spacial score (nSPS) is 25.2. The quantitative estimate of drug-likeness (QED) is 0.500. The molecule has 0 aliphatic heterocycles. The largest absolute Gasteiger partial charge is 0.481 e. The number of thiophene rings is 1. The van der Waals surface area contributed by atoms with Crippen LogP contribution < -0.4 is 5.32 Å². The lowest BCUT2D eigenvalue weighted by atomic mass is 9.61. The molecule has 0 saturated heterocycles.